The smallest absolute Gasteiger partial charge is 0.269 e. The lowest BCUT2D eigenvalue weighted by molar-refractivity contribution is -0.146. The standard InChI is InChI=1S/C19H22N4O3/c20-18(24)16-11-15(21-22-16)13-5-8-23(9-6-13)19(25)17-14-4-2-1-3-12(14)7-10-26-17/h1-4,11,13,17H,5-10H2,(H2,20,24)(H,21,22). The number of nitrogens with one attached hydrogen (secondary N) is 1. The maximum atomic E-state index is 13.0. The lowest BCUT2D eigenvalue weighted by atomic mass is 9.92. The van der Waals surface area contributed by atoms with Gasteiger partial charge in [0, 0.05) is 24.7 Å². The second-order valence-electron chi connectivity index (χ2n) is 6.87. The van der Waals surface area contributed by atoms with E-state index in [0.29, 0.717) is 19.7 Å². The molecule has 136 valence electrons. The third-order valence-electron chi connectivity index (χ3n) is 5.31. The Balaban J connectivity index is 1.42. The molecule has 2 amide bonds. The molecule has 7 heteroatoms. The van der Waals surface area contributed by atoms with E-state index in [2.05, 4.69) is 16.3 Å². The van der Waals surface area contributed by atoms with Crippen molar-refractivity contribution < 1.29 is 14.3 Å². The second-order valence-corrected chi connectivity index (χ2v) is 6.87. The molecule has 0 saturated carbocycles. The van der Waals surface area contributed by atoms with Crippen molar-refractivity contribution in [1.29, 1.82) is 0 Å². The molecule has 1 aromatic heterocycles. The summed E-state index contributed by atoms with van der Waals surface area (Å²) in [7, 11) is 0. The molecule has 7 nitrogen and oxygen atoms in total. The number of aromatic amines is 1. The van der Waals surface area contributed by atoms with Crippen LogP contribution in [-0.2, 0) is 16.0 Å². The lowest BCUT2D eigenvalue weighted by Gasteiger charge is -2.35. The molecule has 4 rings (SSSR count). The van der Waals surface area contributed by atoms with Gasteiger partial charge in [-0.15, -0.1) is 0 Å². The topological polar surface area (TPSA) is 101 Å². The first-order chi connectivity index (χ1) is 12.6. The van der Waals surface area contributed by atoms with Crippen LogP contribution in [0.4, 0.5) is 0 Å². The molecule has 0 bridgehead atoms. The molecule has 26 heavy (non-hydrogen) atoms. The Morgan fingerprint density at radius 3 is 2.73 bits per heavy atom. The third-order valence-corrected chi connectivity index (χ3v) is 5.31. The van der Waals surface area contributed by atoms with Crippen LogP contribution < -0.4 is 5.73 Å². The van der Waals surface area contributed by atoms with Crippen LogP contribution in [0.25, 0.3) is 0 Å². The van der Waals surface area contributed by atoms with Crippen LogP contribution >= 0.6 is 0 Å². The SMILES string of the molecule is NC(=O)c1cc(C2CCN(C(=O)C3OCCc4ccccc43)CC2)[nH]n1. The van der Waals surface area contributed by atoms with Crippen molar-refractivity contribution in [3.05, 3.63) is 52.8 Å². The molecule has 1 atom stereocenters. The summed E-state index contributed by atoms with van der Waals surface area (Å²) in [5.41, 5.74) is 8.60. The van der Waals surface area contributed by atoms with Gasteiger partial charge in [0.05, 0.1) is 6.61 Å². The third kappa shape index (κ3) is 3.10. The van der Waals surface area contributed by atoms with Crippen LogP contribution in [0, 0.1) is 0 Å². The first-order valence-electron chi connectivity index (χ1n) is 8.97. The fourth-order valence-corrected chi connectivity index (χ4v) is 3.85. The van der Waals surface area contributed by atoms with Crippen molar-refractivity contribution in [3.63, 3.8) is 0 Å². The van der Waals surface area contributed by atoms with E-state index >= 15 is 0 Å². The van der Waals surface area contributed by atoms with Gasteiger partial charge in [0.25, 0.3) is 11.8 Å². The number of piperidine rings is 1. The number of hydrogen-bond donors (Lipinski definition) is 2. The van der Waals surface area contributed by atoms with Crippen molar-refractivity contribution in [3.8, 4) is 0 Å². The van der Waals surface area contributed by atoms with Crippen molar-refractivity contribution in [2.24, 2.45) is 5.73 Å². The summed E-state index contributed by atoms with van der Waals surface area (Å²) < 4.78 is 5.80. The molecular weight excluding hydrogens is 332 g/mol. The minimum Gasteiger partial charge on any atom is -0.364 e. The zero-order valence-electron chi connectivity index (χ0n) is 14.5. The number of nitrogens with two attached hydrogens (primary N) is 1. The van der Waals surface area contributed by atoms with E-state index in [1.807, 2.05) is 23.1 Å². The Morgan fingerprint density at radius 1 is 1.23 bits per heavy atom. The van der Waals surface area contributed by atoms with E-state index in [1.165, 1.54) is 5.56 Å². The van der Waals surface area contributed by atoms with Gasteiger partial charge in [0.1, 0.15) is 5.69 Å². The molecular formula is C19H22N4O3. The van der Waals surface area contributed by atoms with E-state index in [4.69, 9.17) is 10.5 Å². The quantitative estimate of drug-likeness (QED) is 0.873. The largest absolute Gasteiger partial charge is 0.364 e. The van der Waals surface area contributed by atoms with Gasteiger partial charge in [-0.25, -0.2) is 0 Å². The summed E-state index contributed by atoms with van der Waals surface area (Å²) in [5, 5.41) is 6.84. The highest BCUT2D eigenvalue weighted by Crippen LogP contribution is 2.32. The number of ether oxygens (including phenoxy) is 1. The van der Waals surface area contributed by atoms with Crippen molar-refractivity contribution in [2.45, 2.75) is 31.3 Å². The number of aromatic nitrogens is 2. The van der Waals surface area contributed by atoms with E-state index in [-0.39, 0.29) is 17.5 Å². The molecule has 1 fully saturated rings. The average Bonchev–Trinajstić information content (AvgIpc) is 3.18. The summed E-state index contributed by atoms with van der Waals surface area (Å²) >= 11 is 0. The molecule has 1 aromatic carbocycles. The predicted octanol–water partition coefficient (Wildman–Crippen LogP) is 1.53. The number of rotatable bonds is 3. The maximum absolute atomic E-state index is 13.0. The summed E-state index contributed by atoms with van der Waals surface area (Å²) in [6.07, 6.45) is 2.00. The second kappa shape index (κ2) is 6.92. The minimum absolute atomic E-state index is 0.0398. The summed E-state index contributed by atoms with van der Waals surface area (Å²) in [5.74, 6) is -0.245. The van der Waals surface area contributed by atoms with E-state index in [9.17, 15) is 9.59 Å². The van der Waals surface area contributed by atoms with Crippen LogP contribution in [0.5, 0.6) is 0 Å². The number of H-pyrrole nitrogens is 1. The Bertz CT molecular complexity index is 824. The molecule has 0 spiro atoms. The molecule has 2 aliphatic heterocycles. The first kappa shape index (κ1) is 16.8. The number of amides is 2. The zero-order valence-corrected chi connectivity index (χ0v) is 14.5. The summed E-state index contributed by atoms with van der Waals surface area (Å²) in [6, 6.07) is 9.72. The Hall–Kier alpha value is -2.67. The van der Waals surface area contributed by atoms with Gasteiger partial charge >= 0.3 is 0 Å². The van der Waals surface area contributed by atoms with E-state index in [0.717, 1.165) is 30.5 Å². The van der Waals surface area contributed by atoms with Crippen LogP contribution in [0.2, 0.25) is 0 Å². The number of likely N-dealkylation sites (tertiary alicyclic amines) is 1. The number of primary amides is 1. The van der Waals surface area contributed by atoms with Gasteiger partial charge in [0.2, 0.25) is 0 Å². The molecule has 2 aromatic rings. The Morgan fingerprint density at radius 2 is 2.00 bits per heavy atom. The highest BCUT2D eigenvalue weighted by molar-refractivity contribution is 5.90. The number of fused-ring (bicyclic) bond motifs is 1. The van der Waals surface area contributed by atoms with Gasteiger partial charge in [-0.3, -0.25) is 14.7 Å². The molecule has 3 heterocycles. The maximum Gasteiger partial charge on any atom is 0.269 e. The molecule has 0 aliphatic carbocycles. The fraction of sp³-hybridized carbons (Fsp3) is 0.421. The monoisotopic (exact) mass is 354 g/mol. The number of benzene rings is 1. The summed E-state index contributed by atoms with van der Waals surface area (Å²) in [4.78, 5) is 26.0. The average molecular weight is 354 g/mol. The number of hydrogen-bond acceptors (Lipinski definition) is 4. The van der Waals surface area contributed by atoms with E-state index < -0.39 is 12.0 Å². The van der Waals surface area contributed by atoms with Gasteiger partial charge < -0.3 is 15.4 Å². The summed E-state index contributed by atoms with van der Waals surface area (Å²) in [6.45, 7) is 1.90. The predicted molar refractivity (Wildman–Crippen MR) is 94.5 cm³/mol. The highest BCUT2D eigenvalue weighted by atomic mass is 16.5. The van der Waals surface area contributed by atoms with Crippen molar-refractivity contribution in [1.82, 2.24) is 15.1 Å². The van der Waals surface area contributed by atoms with Gasteiger partial charge in [-0.2, -0.15) is 5.10 Å². The van der Waals surface area contributed by atoms with Crippen LogP contribution in [0.3, 0.4) is 0 Å². The Kier molecular flexibility index (Phi) is 4.46. The lowest BCUT2D eigenvalue weighted by Crippen LogP contribution is -2.42. The molecule has 1 saturated heterocycles. The highest BCUT2D eigenvalue weighted by Gasteiger charge is 2.33. The first-order valence-corrected chi connectivity index (χ1v) is 8.97. The fourth-order valence-electron chi connectivity index (χ4n) is 3.85. The van der Waals surface area contributed by atoms with Crippen LogP contribution in [0.15, 0.2) is 30.3 Å². The molecule has 1 unspecified atom stereocenters. The zero-order chi connectivity index (χ0) is 18.1. The van der Waals surface area contributed by atoms with Crippen LogP contribution in [-0.4, -0.2) is 46.6 Å². The number of nitrogens with zero attached hydrogens (tertiary/aromatic N) is 2. The molecule has 0 radical (unpaired) electrons. The van der Waals surface area contributed by atoms with Gasteiger partial charge in [0.15, 0.2) is 6.10 Å². The minimum atomic E-state index is -0.534. The van der Waals surface area contributed by atoms with Gasteiger partial charge in [-0.1, -0.05) is 24.3 Å². The molecule has 2 aliphatic rings. The van der Waals surface area contributed by atoms with Crippen molar-refractivity contribution in [2.75, 3.05) is 19.7 Å². The molecule has 3 N–H and O–H groups in total. The van der Waals surface area contributed by atoms with Gasteiger partial charge in [-0.05, 0) is 36.5 Å². The number of carbonyl (C=O) groups is 2. The normalized spacial score (nSPS) is 20.6. The van der Waals surface area contributed by atoms with Crippen LogP contribution in [0.1, 0.15) is 52.2 Å². The van der Waals surface area contributed by atoms with Crippen molar-refractivity contribution >= 4 is 11.8 Å². The Labute approximate surface area is 151 Å². The van der Waals surface area contributed by atoms with E-state index in [1.54, 1.807) is 6.07 Å². The number of carbonyl (C=O) groups excluding carboxylic acids is 2.